The normalized spacial score (nSPS) is 13.1. The minimum atomic E-state index is -1.69. The number of benzene rings is 1. The lowest BCUT2D eigenvalue weighted by Gasteiger charge is -2.22. The molecule has 0 aromatic heterocycles. The molecule has 1 aromatic rings. The molecule has 3 N–H and O–H groups in total. The van der Waals surface area contributed by atoms with Crippen molar-refractivity contribution in [2.24, 2.45) is 0 Å². The first-order valence-electron chi connectivity index (χ1n) is 5.69. The average molecular weight is 344 g/mol. The lowest BCUT2D eigenvalue weighted by molar-refractivity contribution is -0.384. The van der Waals surface area contributed by atoms with Crippen LogP contribution >= 0.6 is 15.9 Å². The van der Waals surface area contributed by atoms with E-state index in [-0.39, 0.29) is 11.4 Å². The maximum absolute atomic E-state index is 11.3. The molecule has 1 heterocycles. The maximum Gasteiger partial charge on any atom is 0.394 e. The van der Waals surface area contributed by atoms with E-state index >= 15 is 0 Å². The smallest absolute Gasteiger partial charge is 0.394 e. The van der Waals surface area contributed by atoms with Crippen LogP contribution in [0.2, 0.25) is 0 Å². The summed E-state index contributed by atoms with van der Waals surface area (Å²) >= 11 is 3.23. The Morgan fingerprint density at radius 3 is 2.80 bits per heavy atom. The third-order valence-electron chi connectivity index (χ3n) is 2.90. The SMILES string of the molecule is O=C(O)C(=O)Nc1c([N+](=O)[O-])cc(Br)c2c1CCCN2. The molecule has 0 bridgehead atoms. The highest BCUT2D eigenvalue weighted by Crippen LogP contribution is 2.41. The second-order valence-corrected chi connectivity index (χ2v) is 5.01. The molecule has 1 aromatic carbocycles. The van der Waals surface area contributed by atoms with E-state index in [1.807, 2.05) is 0 Å². The Morgan fingerprint density at radius 1 is 1.50 bits per heavy atom. The fourth-order valence-electron chi connectivity index (χ4n) is 2.06. The van der Waals surface area contributed by atoms with E-state index in [9.17, 15) is 19.7 Å². The van der Waals surface area contributed by atoms with Crippen LogP contribution in [-0.2, 0) is 16.0 Å². The molecular weight excluding hydrogens is 334 g/mol. The van der Waals surface area contributed by atoms with Gasteiger partial charge in [0.1, 0.15) is 5.69 Å². The average Bonchev–Trinajstić information content (AvgIpc) is 2.41. The highest BCUT2D eigenvalue weighted by molar-refractivity contribution is 9.10. The molecule has 1 aliphatic rings. The van der Waals surface area contributed by atoms with Crippen molar-refractivity contribution < 1.29 is 19.6 Å². The topological polar surface area (TPSA) is 122 Å². The third-order valence-corrected chi connectivity index (χ3v) is 3.52. The number of anilines is 2. The quantitative estimate of drug-likeness (QED) is 0.427. The van der Waals surface area contributed by atoms with Gasteiger partial charge in [-0.05, 0) is 28.8 Å². The molecule has 0 unspecified atom stereocenters. The lowest BCUT2D eigenvalue weighted by atomic mass is 10.00. The number of nitrogens with zero attached hydrogens (tertiary/aromatic N) is 1. The molecular formula is C11H10BrN3O5. The van der Waals surface area contributed by atoms with Crippen molar-refractivity contribution in [3.63, 3.8) is 0 Å². The van der Waals surface area contributed by atoms with Crippen LogP contribution in [0.4, 0.5) is 17.1 Å². The minimum absolute atomic E-state index is 0.0622. The van der Waals surface area contributed by atoms with E-state index in [2.05, 4.69) is 26.6 Å². The van der Waals surface area contributed by atoms with Gasteiger partial charge < -0.3 is 15.7 Å². The molecule has 2 rings (SSSR count). The number of amides is 1. The van der Waals surface area contributed by atoms with Gasteiger partial charge in [-0.3, -0.25) is 14.9 Å². The summed E-state index contributed by atoms with van der Waals surface area (Å²) in [7, 11) is 0. The molecule has 0 atom stereocenters. The molecule has 0 spiro atoms. The Bertz CT molecular complexity index is 617. The number of carboxylic acids is 1. The van der Waals surface area contributed by atoms with Crippen molar-refractivity contribution in [3.05, 3.63) is 26.2 Å². The number of carbonyl (C=O) groups excluding carboxylic acids is 1. The Hall–Kier alpha value is -2.16. The van der Waals surface area contributed by atoms with Crippen LogP contribution in [0.3, 0.4) is 0 Å². The number of nitro benzene ring substituents is 1. The van der Waals surface area contributed by atoms with Crippen LogP contribution in [0.1, 0.15) is 12.0 Å². The van der Waals surface area contributed by atoms with E-state index in [1.54, 1.807) is 0 Å². The second kappa shape index (κ2) is 5.45. The molecule has 1 amide bonds. The molecule has 1 aliphatic heterocycles. The molecule has 0 aliphatic carbocycles. The highest BCUT2D eigenvalue weighted by Gasteiger charge is 2.28. The Morgan fingerprint density at radius 2 is 2.20 bits per heavy atom. The van der Waals surface area contributed by atoms with E-state index < -0.39 is 16.8 Å². The largest absolute Gasteiger partial charge is 0.474 e. The Labute approximate surface area is 121 Å². The standard InChI is InChI=1S/C11H10BrN3O5/c12-6-4-7(15(19)20)9(14-10(16)11(17)18)5-2-1-3-13-8(5)6/h4,13H,1-3H2,(H,14,16)(H,17,18). The maximum atomic E-state index is 11.3. The van der Waals surface area contributed by atoms with Crippen LogP contribution in [0.5, 0.6) is 0 Å². The lowest BCUT2D eigenvalue weighted by Crippen LogP contribution is -2.24. The fraction of sp³-hybridized carbons (Fsp3) is 0.273. The van der Waals surface area contributed by atoms with Crippen molar-refractivity contribution in [2.45, 2.75) is 12.8 Å². The third kappa shape index (κ3) is 2.57. The second-order valence-electron chi connectivity index (χ2n) is 4.15. The summed E-state index contributed by atoms with van der Waals surface area (Å²) in [5.74, 6) is -3.00. The first-order valence-corrected chi connectivity index (χ1v) is 6.49. The van der Waals surface area contributed by atoms with Gasteiger partial charge in [-0.25, -0.2) is 4.79 Å². The predicted octanol–water partition coefficient (Wildman–Crippen LogP) is 1.74. The number of carboxylic acid groups (broad SMARTS) is 1. The van der Waals surface area contributed by atoms with Gasteiger partial charge in [0.15, 0.2) is 0 Å². The molecule has 8 nitrogen and oxygen atoms in total. The Balaban J connectivity index is 2.59. The molecule has 0 saturated heterocycles. The van der Waals surface area contributed by atoms with Gasteiger partial charge in [-0.1, -0.05) is 0 Å². The summed E-state index contributed by atoms with van der Waals surface area (Å²) in [6, 6.07) is 1.24. The number of nitrogens with one attached hydrogen (secondary N) is 2. The van der Waals surface area contributed by atoms with Crippen molar-refractivity contribution in [3.8, 4) is 0 Å². The van der Waals surface area contributed by atoms with E-state index in [0.29, 0.717) is 28.7 Å². The van der Waals surface area contributed by atoms with Crippen molar-refractivity contribution in [1.82, 2.24) is 0 Å². The van der Waals surface area contributed by atoms with Gasteiger partial charge in [-0.15, -0.1) is 0 Å². The van der Waals surface area contributed by atoms with Crippen LogP contribution in [0.25, 0.3) is 0 Å². The number of hydrogen-bond acceptors (Lipinski definition) is 5. The Kier molecular flexibility index (Phi) is 3.89. The van der Waals surface area contributed by atoms with Gasteiger partial charge >= 0.3 is 11.9 Å². The summed E-state index contributed by atoms with van der Waals surface area (Å²) in [6.07, 6.45) is 1.24. The molecule has 0 saturated carbocycles. The van der Waals surface area contributed by atoms with Crippen LogP contribution in [0.15, 0.2) is 10.5 Å². The van der Waals surface area contributed by atoms with E-state index in [4.69, 9.17) is 5.11 Å². The fourth-order valence-corrected chi connectivity index (χ4v) is 2.65. The van der Waals surface area contributed by atoms with Crippen LogP contribution in [0, 0.1) is 10.1 Å². The number of nitro groups is 1. The zero-order valence-corrected chi connectivity index (χ0v) is 11.7. The molecule has 0 radical (unpaired) electrons. The van der Waals surface area contributed by atoms with Gasteiger partial charge in [0.2, 0.25) is 0 Å². The van der Waals surface area contributed by atoms with Gasteiger partial charge in [-0.2, -0.15) is 0 Å². The zero-order valence-electron chi connectivity index (χ0n) is 10.1. The van der Waals surface area contributed by atoms with Crippen molar-refractivity contribution in [1.29, 1.82) is 0 Å². The molecule has 20 heavy (non-hydrogen) atoms. The molecule has 106 valence electrons. The van der Waals surface area contributed by atoms with Crippen LogP contribution in [-0.4, -0.2) is 28.5 Å². The first kappa shape index (κ1) is 14.3. The van der Waals surface area contributed by atoms with Crippen molar-refractivity contribution >= 4 is 44.9 Å². The van der Waals surface area contributed by atoms with Gasteiger partial charge in [0.05, 0.1) is 10.6 Å². The summed E-state index contributed by atoms with van der Waals surface area (Å²) < 4.78 is 0.507. The van der Waals surface area contributed by atoms with Crippen LogP contribution < -0.4 is 10.6 Å². The zero-order chi connectivity index (χ0) is 14.9. The number of fused-ring (bicyclic) bond motifs is 1. The van der Waals surface area contributed by atoms with E-state index in [0.717, 1.165) is 6.42 Å². The predicted molar refractivity (Wildman–Crippen MR) is 73.9 cm³/mol. The number of rotatable bonds is 2. The minimum Gasteiger partial charge on any atom is -0.474 e. The highest BCUT2D eigenvalue weighted by atomic mass is 79.9. The van der Waals surface area contributed by atoms with E-state index in [1.165, 1.54) is 6.07 Å². The summed E-state index contributed by atoms with van der Waals surface area (Å²) in [4.78, 5) is 32.3. The number of aliphatic carboxylic acids is 1. The summed E-state index contributed by atoms with van der Waals surface area (Å²) in [6.45, 7) is 0.704. The number of halogens is 1. The van der Waals surface area contributed by atoms with Crippen molar-refractivity contribution in [2.75, 3.05) is 17.2 Å². The van der Waals surface area contributed by atoms with Gasteiger partial charge in [0.25, 0.3) is 5.69 Å². The first-order chi connectivity index (χ1) is 9.41. The summed E-state index contributed by atoms with van der Waals surface area (Å²) in [5, 5.41) is 24.9. The monoisotopic (exact) mass is 343 g/mol. The molecule has 0 fully saturated rings. The molecule has 9 heteroatoms. The number of carbonyl (C=O) groups is 2. The van der Waals surface area contributed by atoms with Gasteiger partial charge in [0, 0.05) is 22.6 Å². The number of hydrogen-bond donors (Lipinski definition) is 3. The summed E-state index contributed by atoms with van der Waals surface area (Å²) in [5.41, 5.74) is 0.774.